The van der Waals surface area contributed by atoms with Crippen molar-refractivity contribution in [2.24, 2.45) is 5.92 Å². The van der Waals surface area contributed by atoms with Crippen molar-refractivity contribution < 1.29 is 9.53 Å². The third-order valence-corrected chi connectivity index (χ3v) is 8.51. The number of fused-ring (bicyclic) bond motifs is 4. The van der Waals surface area contributed by atoms with Crippen molar-refractivity contribution in [1.82, 2.24) is 0 Å². The van der Waals surface area contributed by atoms with E-state index in [4.69, 9.17) is 4.74 Å². The summed E-state index contributed by atoms with van der Waals surface area (Å²) < 4.78 is 6.21. The van der Waals surface area contributed by atoms with Gasteiger partial charge in [0.1, 0.15) is 5.75 Å². The molecular formula is C35H24O2. The maximum absolute atomic E-state index is 14.0. The Balaban J connectivity index is 1.31. The molecule has 0 fully saturated rings. The van der Waals surface area contributed by atoms with Crippen LogP contribution in [-0.2, 0) is 4.79 Å². The van der Waals surface area contributed by atoms with Crippen LogP contribution >= 0.6 is 0 Å². The second-order valence-electron chi connectivity index (χ2n) is 10.4. The number of hydrogen-bond donors (Lipinski definition) is 0. The highest BCUT2D eigenvalue weighted by molar-refractivity contribution is 5.95. The van der Waals surface area contributed by atoms with Crippen molar-refractivity contribution >= 4 is 38.3 Å². The van der Waals surface area contributed by atoms with Crippen LogP contribution in [-0.4, -0.2) is 5.97 Å². The lowest BCUT2D eigenvalue weighted by Crippen LogP contribution is -2.38. The van der Waals surface area contributed by atoms with Gasteiger partial charge in [-0.25, -0.2) is 0 Å². The van der Waals surface area contributed by atoms with Gasteiger partial charge in [-0.1, -0.05) is 109 Å². The first-order valence-corrected chi connectivity index (χ1v) is 13.0. The van der Waals surface area contributed by atoms with Crippen molar-refractivity contribution in [3.05, 3.63) is 138 Å². The van der Waals surface area contributed by atoms with Gasteiger partial charge < -0.3 is 4.74 Å². The minimum Gasteiger partial charge on any atom is -0.426 e. The van der Waals surface area contributed by atoms with Crippen LogP contribution < -0.4 is 4.74 Å². The van der Waals surface area contributed by atoms with Gasteiger partial charge >= 0.3 is 5.97 Å². The molecule has 6 aromatic rings. The topological polar surface area (TPSA) is 26.3 Å². The van der Waals surface area contributed by atoms with E-state index in [0.29, 0.717) is 5.75 Å². The number of carbonyl (C=O) groups is 1. The van der Waals surface area contributed by atoms with Gasteiger partial charge in [0.05, 0.1) is 5.92 Å². The lowest BCUT2D eigenvalue weighted by molar-refractivity contribution is -0.140. The Bertz CT molecular complexity index is 1880. The lowest BCUT2D eigenvalue weighted by Gasteiger charge is -2.45. The van der Waals surface area contributed by atoms with Crippen molar-refractivity contribution in [1.29, 1.82) is 0 Å². The average molecular weight is 477 g/mol. The minimum atomic E-state index is -0.240. The van der Waals surface area contributed by atoms with Crippen LogP contribution in [0.4, 0.5) is 0 Å². The van der Waals surface area contributed by atoms with E-state index in [-0.39, 0.29) is 23.7 Å². The summed E-state index contributed by atoms with van der Waals surface area (Å²) in [6, 6.07) is 40.3. The van der Waals surface area contributed by atoms with Crippen molar-refractivity contribution in [2.75, 3.05) is 0 Å². The third-order valence-electron chi connectivity index (χ3n) is 8.51. The van der Waals surface area contributed by atoms with E-state index in [1.807, 2.05) is 30.3 Å². The van der Waals surface area contributed by atoms with Gasteiger partial charge in [-0.3, -0.25) is 4.79 Å². The quantitative estimate of drug-likeness (QED) is 0.185. The Morgan fingerprint density at radius 2 is 1.22 bits per heavy atom. The molecule has 2 bridgehead atoms. The number of esters is 1. The number of ether oxygens (including phenoxy) is 1. The summed E-state index contributed by atoms with van der Waals surface area (Å²) in [7, 11) is 0. The summed E-state index contributed by atoms with van der Waals surface area (Å²) in [6.45, 7) is 0. The van der Waals surface area contributed by atoms with E-state index >= 15 is 0 Å². The van der Waals surface area contributed by atoms with Crippen LogP contribution in [0.2, 0.25) is 0 Å². The molecular weight excluding hydrogens is 452 g/mol. The molecule has 0 heterocycles. The van der Waals surface area contributed by atoms with Crippen LogP contribution in [0, 0.1) is 5.92 Å². The number of benzene rings is 6. The van der Waals surface area contributed by atoms with E-state index in [0.717, 1.165) is 17.2 Å². The van der Waals surface area contributed by atoms with Gasteiger partial charge in [0.2, 0.25) is 0 Å². The molecule has 2 nitrogen and oxygen atoms in total. The van der Waals surface area contributed by atoms with Crippen molar-refractivity contribution in [3.8, 4) is 5.75 Å². The molecule has 176 valence electrons. The van der Waals surface area contributed by atoms with E-state index in [1.54, 1.807) is 0 Å². The van der Waals surface area contributed by atoms with E-state index in [9.17, 15) is 4.79 Å². The van der Waals surface area contributed by atoms with Crippen LogP contribution in [0.15, 0.2) is 115 Å². The van der Waals surface area contributed by atoms with Crippen LogP contribution in [0.1, 0.15) is 40.5 Å². The molecule has 0 radical (unpaired) electrons. The minimum absolute atomic E-state index is 0.0341. The van der Waals surface area contributed by atoms with Gasteiger partial charge in [0, 0.05) is 17.2 Å². The SMILES string of the molecule is O=C(Oc1cccc2ccccc12)C1CC2c3cc4ccccc4cc3C1c1c2ccc2ccccc12. The highest BCUT2D eigenvalue weighted by Crippen LogP contribution is 2.58. The lowest BCUT2D eigenvalue weighted by atomic mass is 9.58. The first kappa shape index (κ1) is 20.7. The Labute approximate surface area is 215 Å². The third kappa shape index (κ3) is 3.02. The zero-order valence-electron chi connectivity index (χ0n) is 20.2. The molecule has 0 saturated heterocycles. The molecule has 0 aromatic heterocycles. The van der Waals surface area contributed by atoms with E-state index in [2.05, 4.69) is 84.9 Å². The Hall–Kier alpha value is -4.43. The molecule has 6 aromatic carbocycles. The fraction of sp³-hybridized carbons (Fsp3) is 0.114. The van der Waals surface area contributed by atoms with Gasteiger partial charge in [-0.2, -0.15) is 0 Å². The molecule has 0 spiro atoms. The van der Waals surface area contributed by atoms with Crippen molar-refractivity contribution in [3.63, 3.8) is 0 Å². The molecule has 0 aliphatic heterocycles. The Kier molecular flexibility index (Phi) is 4.36. The zero-order valence-corrected chi connectivity index (χ0v) is 20.2. The summed E-state index contributed by atoms with van der Waals surface area (Å²) in [6.07, 6.45) is 0.769. The smallest absolute Gasteiger partial charge is 0.315 e. The van der Waals surface area contributed by atoms with E-state index in [1.165, 1.54) is 43.8 Å². The number of rotatable bonds is 2. The molecule has 37 heavy (non-hydrogen) atoms. The molecule has 3 aliphatic rings. The standard InChI is InChI=1S/C35H24O2/c36-35(37-32-15-7-12-21-8-3-5-13-25(21)32)31-20-29-27-17-16-22-9-4-6-14-26(22)33(27)34(31)30-19-24-11-2-1-10-23(24)18-28(29)30/h1-19,29,31,34H,20H2. The van der Waals surface area contributed by atoms with Crippen LogP contribution in [0.5, 0.6) is 5.75 Å². The second kappa shape index (κ2) is 7.78. The summed E-state index contributed by atoms with van der Waals surface area (Å²) in [4.78, 5) is 14.0. The largest absolute Gasteiger partial charge is 0.426 e. The Morgan fingerprint density at radius 1 is 0.595 bits per heavy atom. The molecule has 0 amide bonds. The molecule has 2 heteroatoms. The van der Waals surface area contributed by atoms with Crippen LogP contribution in [0.25, 0.3) is 32.3 Å². The molecule has 9 rings (SSSR count). The highest BCUT2D eigenvalue weighted by Gasteiger charge is 2.48. The molecule has 3 atom stereocenters. The fourth-order valence-corrected chi connectivity index (χ4v) is 6.90. The summed E-state index contributed by atoms with van der Waals surface area (Å²) in [5, 5.41) is 6.99. The van der Waals surface area contributed by atoms with Gasteiger partial charge in [0.15, 0.2) is 0 Å². The number of carbonyl (C=O) groups excluding carboxylic acids is 1. The predicted molar refractivity (Wildman–Crippen MR) is 149 cm³/mol. The van der Waals surface area contributed by atoms with Gasteiger partial charge in [-0.15, -0.1) is 0 Å². The first-order valence-electron chi connectivity index (χ1n) is 13.0. The number of hydrogen-bond acceptors (Lipinski definition) is 2. The molecule has 0 saturated carbocycles. The first-order chi connectivity index (χ1) is 18.3. The normalized spacial score (nSPS) is 19.6. The monoisotopic (exact) mass is 476 g/mol. The summed E-state index contributed by atoms with van der Waals surface area (Å²) in [5.74, 6) is 0.406. The zero-order chi connectivity index (χ0) is 24.5. The molecule has 3 aliphatic carbocycles. The van der Waals surface area contributed by atoms with E-state index < -0.39 is 0 Å². The maximum Gasteiger partial charge on any atom is 0.315 e. The average Bonchev–Trinajstić information content (AvgIpc) is 2.96. The van der Waals surface area contributed by atoms with Crippen molar-refractivity contribution in [2.45, 2.75) is 18.3 Å². The predicted octanol–water partition coefficient (Wildman–Crippen LogP) is 8.35. The maximum atomic E-state index is 14.0. The van der Waals surface area contributed by atoms with Crippen LogP contribution in [0.3, 0.4) is 0 Å². The molecule has 3 unspecified atom stereocenters. The second-order valence-corrected chi connectivity index (χ2v) is 10.4. The summed E-state index contributed by atoms with van der Waals surface area (Å²) in [5.41, 5.74) is 5.30. The highest BCUT2D eigenvalue weighted by atomic mass is 16.5. The van der Waals surface area contributed by atoms with Gasteiger partial charge in [0.25, 0.3) is 0 Å². The Morgan fingerprint density at radius 3 is 2.00 bits per heavy atom. The summed E-state index contributed by atoms with van der Waals surface area (Å²) >= 11 is 0. The molecule has 0 N–H and O–H groups in total. The fourth-order valence-electron chi connectivity index (χ4n) is 6.90. The van der Waals surface area contributed by atoms with Gasteiger partial charge in [-0.05, 0) is 61.7 Å².